The highest BCUT2D eigenvalue weighted by atomic mass is 19.4. The number of aliphatic imine (C=N–C) groups is 1. The summed E-state index contributed by atoms with van der Waals surface area (Å²) in [5.74, 6) is 1.32. The third-order valence-electron chi connectivity index (χ3n) is 5.01. The molecular formula is C21H33F3N4O. The lowest BCUT2D eigenvalue weighted by molar-refractivity contribution is -0.176. The summed E-state index contributed by atoms with van der Waals surface area (Å²) in [7, 11) is 0. The first-order valence-electron chi connectivity index (χ1n) is 10.2. The first-order valence-corrected chi connectivity index (χ1v) is 10.2. The van der Waals surface area contributed by atoms with Gasteiger partial charge in [-0.15, -0.1) is 0 Å². The van der Waals surface area contributed by atoms with Crippen LogP contribution in [0.5, 0.6) is 0 Å². The van der Waals surface area contributed by atoms with Crippen LogP contribution in [0, 0.1) is 5.92 Å². The molecule has 0 aromatic heterocycles. The molecule has 1 aromatic carbocycles. The summed E-state index contributed by atoms with van der Waals surface area (Å²) in [6, 6.07) is 8.18. The molecule has 0 aliphatic carbocycles. The Hall–Kier alpha value is -1.80. The fourth-order valence-electron chi connectivity index (χ4n) is 3.31. The van der Waals surface area contributed by atoms with Crippen LogP contribution >= 0.6 is 0 Å². The maximum Gasteiger partial charge on any atom is 0.411 e. The van der Waals surface area contributed by atoms with Gasteiger partial charge in [-0.25, -0.2) is 4.99 Å². The molecule has 1 aliphatic rings. The van der Waals surface area contributed by atoms with Crippen molar-refractivity contribution in [1.29, 1.82) is 0 Å². The quantitative estimate of drug-likeness (QED) is 0.505. The van der Waals surface area contributed by atoms with Gasteiger partial charge in [0.15, 0.2) is 5.96 Å². The molecule has 0 spiro atoms. The molecule has 1 heterocycles. The number of ether oxygens (including phenoxy) is 1. The maximum absolute atomic E-state index is 12.1. The fraction of sp³-hybridized carbons (Fsp3) is 0.667. The van der Waals surface area contributed by atoms with E-state index in [2.05, 4.69) is 46.0 Å². The van der Waals surface area contributed by atoms with Gasteiger partial charge in [-0.1, -0.05) is 31.2 Å². The molecule has 1 aliphatic heterocycles. The van der Waals surface area contributed by atoms with Crippen molar-refractivity contribution in [3.8, 4) is 0 Å². The summed E-state index contributed by atoms with van der Waals surface area (Å²) >= 11 is 0. The largest absolute Gasteiger partial charge is 0.411 e. The second kappa shape index (κ2) is 10.8. The van der Waals surface area contributed by atoms with E-state index in [1.807, 2.05) is 19.1 Å². The van der Waals surface area contributed by atoms with E-state index in [1.165, 1.54) is 0 Å². The monoisotopic (exact) mass is 414 g/mol. The van der Waals surface area contributed by atoms with Crippen molar-refractivity contribution in [2.45, 2.75) is 59.1 Å². The second-order valence-electron chi connectivity index (χ2n) is 7.90. The van der Waals surface area contributed by atoms with Gasteiger partial charge in [-0.3, -0.25) is 4.90 Å². The highest BCUT2D eigenvalue weighted by Crippen LogP contribution is 2.19. The van der Waals surface area contributed by atoms with Gasteiger partial charge in [0.1, 0.15) is 6.61 Å². The van der Waals surface area contributed by atoms with Crippen LogP contribution in [-0.4, -0.2) is 55.4 Å². The average molecular weight is 415 g/mol. The average Bonchev–Trinajstić information content (AvgIpc) is 3.01. The van der Waals surface area contributed by atoms with Gasteiger partial charge in [0.05, 0.1) is 13.2 Å². The number of halogens is 3. The molecule has 0 bridgehead atoms. The summed E-state index contributed by atoms with van der Waals surface area (Å²) in [6.45, 7) is 10.8. The molecule has 5 nitrogen and oxygen atoms in total. The minimum Gasteiger partial charge on any atom is -0.367 e. The number of guanidine groups is 1. The van der Waals surface area contributed by atoms with Crippen molar-refractivity contribution in [2.24, 2.45) is 10.9 Å². The molecule has 2 N–H and O–H groups in total. The predicted molar refractivity (Wildman–Crippen MR) is 110 cm³/mol. The number of alkyl halides is 3. The van der Waals surface area contributed by atoms with Crippen molar-refractivity contribution >= 4 is 5.96 Å². The normalized spacial score (nSPS) is 21.0. The van der Waals surface area contributed by atoms with E-state index in [9.17, 15) is 13.2 Å². The highest BCUT2D eigenvalue weighted by molar-refractivity contribution is 5.80. The lowest BCUT2D eigenvalue weighted by atomic mass is 10.1. The van der Waals surface area contributed by atoms with Gasteiger partial charge in [0, 0.05) is 31.7 Å². The summed E-state index contributed by atoms with van der Waals surface area (Å²) in [6.07, 6.45) is -4.30. The van der Waals surface area contributed by atoms with Crippen molar-refractivity contribution in [3.63, 3.8) is 0 Å². The van der Waals surface area contributed by atoms with E-state index in [1.54, 1.807) is 12.1 Å². The number of likely N-dealkylation sites (tertiary alicyclic amines) is 1. The third-order valence-corrected chi connectivity index (χ3v) is 5.01. The number of nitrogens with zero attached hydrogens (tertiary/aromatic N) is 2. The molecule has 2 rings (SSSR count). The van der Waals surface area contributed by atoms with Crippen LogP contribution in [0.15, 0.2) is 29.3 Å². The summed E-state index contributed by atoms with van der Waals surface area (Å²) in [4.78, 5) is 7.14. The summed E-state index contributed by atoms with van der Waals surface area (Å²) in [5, 5.41) is 6.84. The standard InChI is InChI=1S/C21H33F3N4O/c1-5-25-20(27-19-12-28(15(2)3)11-16(19)4)26-10-17-6-8-18(9-7-17)13-29-14-21(22,23)24/h6-9,15-16,19H,5,10-14H2,1-4H3,(H2,25,26,27). The summed E-state index contributed by atoms with van der Waals surface area (Å²) < 4.78 is 41.1. The van der Waals surface area contributed by atoms with Gasteiger partial charge in [-0.05, 0) is 37.8 Å². The first-order chi connectivity index (χ1) is 13.7. The van der Waals surface area contributed by atoms with E-state index < -0.39 is 12.8 Å². The van der Waals surface area contributed by atoms with Crippen molar-refractivity contribution in [3.05, 3.63) is 35.4 Å². The Kier molecular flexibility index (Phi) is 8.77. The topological polar surface area (TPSA) is 48.9 Å². The zero-order valence-corrected chi connectivity index (χ0v) is 17.7. The van der Waals surface area contributed by atoms with E-state index in [4.69, 9.17) is 0 Å². The predicted octanol–water partition coefficient (Wildman–Crippen LogP) is 3.55. The fourth-order valence-corrected chi connectivity index (χ4v) is 3.31. The zero-order valence-electron chi connectivity index (χ0n) is 17.7. The van der Waals surface area contributed by atoms with E-state index in [0.29, 0.717) is 30.1 Å². The Balaban J connectivity index is 1.89. The van der Waals surface area contributed by atoms with Crippen molar-refractivity contribution in [1.82, 2.24) is 15.5 Å². The Labute approximate surface area is 171 Å². The molecular weight excluding hydrogens is 381 g/mol. The van der Waals surface area contributed by atoms with E-state index in [-0.39, 0.29) is 6.61 Å². The van der Waals surface area contributed by atoms with E-state index in [0.717, 1.165) is 31.2 Å². The molecule has 1 fully saturated rings. The van der Waals surface area contributed by atoms with Crippen LogP contribution < -0.4 is 10.6 Å². The lowest BCUT2D eigenvalue weighted by Gasteiger charge is -2.22. The minimum atomic E-state index is -4.30. The molecule has 2 unspecified atom stereocenters. The Morgan fingerprint density at radius 3 is 2.41 bits per heavy atom. The highest BCUT2D eigenvalue weighted by Gasteiger charge is 2.31. The van der Waals surface area contributed by atoms with Crippen LogP contribution in [0.3, 0.4) is 0 Å². The Morgan fingerprint density at radius 2 is 1.86 bits per heavy atom. The Morgan fingerprint density at radius 1 is 1.21 bits per heavy atom. The molecule has 1 aromatic rings. The number of benzene rings is 1. The number of hydrogen-bond acceptors (Lipinski definition) is 3. The van der Waals surface area contributed by atoms with Crippen LogP contribution in [0.4, 0.5) is 13.2 Å². The first kappa shape index (κ1) is 23.5. The number of rotatable bonds is 8. The van der Waals surface area contributed by atoms with Crippen molar-refractivity contribution < 1.29 is 17.9 Å². The molecule has 0 saturated carbocycles. The third kappa shape index (κ3) is 8.22. The van der Waals surface area contributed by atoms with Gasteiger partial charge in [0.25, 0.3) is 0 Å². The molecule has 164 valence electrons. The second-order valence-corrected chi connectivity index (χ2v) is 7.90. The van der Waals surface area contributed by atoms with Crippen LogP contribution in [0.25, 0.3) is 0 Å². The SMILES string of the molecule is CCNC(=NCc1ccc(COCC(F)(F)F)cc1)NC1CN(C(C)C)CC1C. The molecule has 0 amide bonds. The molecule has 29 heavy (non-hydrogen) atoms. The Bertz CT molecular complexity index is 646. The minimum absolute atomic E-state index is 0.0564. The van der Waals surface area contributed by atoms with Crippen molar-refractivity contribution in [2.75, 3.05) is 26.2 Å². The number of hydrogen-bond donors (Lipinski definition) is 2. The molecule has 2 atom stereocenters. The zero-order chi connectivity index (χ0) is 21.4. The number of nitrogens with one attached hydrogen (secondary N) is 2. The molecule has 1 saturated heterocycles. The maximum atomic E-state index is 12.1. The van der Waals surface area contributed by atoms with Crippen LogP contribution in [0.1, 0.15) is 38.8 Å². The van der Waals surface area contributed by atoms with Gasteiger partial charge in [0.2, 0.25) is 0 Å². The van der Waals surface area contributed by atoms with E-state index >= 15 is 0 Å². The van der Waals surface area contributed by atoms with Gasteiger partial charge >= 0.3 is 6.18 Å². The smallest absolute Gasteiger partial charge is 0.367 e. The van der Waals surface area contributed by atoms with Crippen LogP contribution in [-0.2, 0) is 17.9 Å². The van der Waals surface area contributed by atoms with Gasteiger partial charge in [-0.2, -0.15) is 13.2 Å². The summed E-state index contributed by atoms with van der Waals surface area (Å²) in [5.41, 5.74) is 1.70. The van der Waals surface area contributed by atoms with Gasteiger partial charge < -0.3 is 15.4 Å². The van der Waals surface area contributed by atoms with Crippen LogP contribution in [0.2, 0.25) is 0 Å². The lowest BCUT2D eigenvalue weighted by Crippen LogP contribution is -2.46. The molecule has 8 heteroatoms. The molecule has 0 radical (unpaired) electrons.